The van der Waals surface area contributed by atoms with Crippen LogP contribution in [0.4, 0.5) is 5.69 Å². The fourth-order valence-corrected chi connectivity index (χ4v) is 2.06. The van der Waals surface area contributed by atoms with Crippen LogP contribution in [0.15, 0.2) is 24.3 Å². The Labute approximate surface area is 102 Å². The van der Waals surface area contributed by atoms with Crippen molar-refractivity contribution in [1.82, 2.24) is 9.97 Å². The predicted octanol–water partition coefficient (Wildman–Crippen LogP) is 2.91. The first kappa shape index (κ1) is 11.6. The van der Waals surface area contributed by atoms with Crippen molar-refractivity contribution >= 4 is 5.69 Å². The van der Waals surface area contributed by atoms with Gasteiger partial charge in [-0.15, -0.1) is 0 Å². The minimum Gasteiger partial charge on any atom is -0.399 e. The van der Waals surface area contributed by atoms with E-state index < -0.39 is 0 Å². The molecule has 3 nitrogen and oxygen atoms in total. The molecule has 1 aromatic heterocycles. The maximum absolute atomic E-state index is 5.77. The molecule has 2 aromatic rings. The van der Waals surface area contributed by atoms with Crippen molar-refractivity contribution in [3.8, 4) is 11.4 Å². The Hall–Kier alpha value is -1.90. The standard InChI is InChI=1S/C14H17N3/c1-4-13-9(2)16-14(17-10(13)3)11-6-5-7-12(15)8-11/h5-8H,4,15H2,1-3H3. The summed E-state index contributed by atoms with van der Waals surface area (Å²) >= 11 is 0. The van der Waals surface area contributed by atoms with Gasteiger partial charge in [0.2, 0.25) is 0 Å². The lowest BCUT2D eigenvalue weighted by molar-refractivity contribution is 0.962. The topological polar surface area (TPSA) is 51.8 Å². The van der Waals surface area contributed by atoms with Crippen molar-refractivity contribution < 1.29 is 0 Å². The van der Waals surface area contributed by atoms with Gasteiger partial charge >= 0.3 is 0 Å². The van der Waals surface area contributed by atoms with Crippen molar-refractivity contribution in [2.45, 2.75) is 27.2 Å². The summed E-state index contributed by atoms with van der Waals surface area (Å²) in [6.45, 7) is 6.19. The quantitative estimate of drug-likeness (QED) is 0.802. The smallest absolute Gasteiger partial charge is 0.159 e. The Morgan fingerprint density at radius 3 is 2.29 bits per heavy atom. The highest BCUT2D eigenvalue weighted by Gasteiger charge is 2.08. The highest BCUT2D eigenvalue weighted by Crippen LogP contribution is 2.20. The number of aromatic nitrogens is 2. The second-order valence-corrected chi connectivity index (χ2v) is 4.18. The number of benzene rings is 1. The Balaban J connectivity index is 2.54. The average Bonchev–Trinajstić information content (AvgIpc) is 2.28. The second kappa shape index (κ2) is 4.53. The van der Waals surface area contributed by atoms with Gasteiger partial charge in [0.15, 0.2) is 5.82 Å². The van der Waals surface area contributed by atoms with Gasteiger partial charge in [0, 0.05) is 22.6 Å². The number of hydrogen-bond donors (Lipinski definition) is 1. The van der Waals surface area contributed by atoms with E-state index in [1.54, 1.807) is 0 Å². The van der Waals surface area contributed by atoms with Gasteiger partial charge in [-0.1, -0.05) is 19.1 Å². The zero-order chi connectivity index (χ0) is 12.4. The first-order valence-corrected chi connectivity index (χ1v) is 5.82. The van der Waals surface area contributed by atoms with Gasteiger partial charge in [-0.3, -0.25) is 0 Å². The maximum Gasteiger partial charge on any atom is 0.159 e. The molecule has 0 aliphatic heterocycles. The van der Waals surface area contributed by atoms with Crippen molar-refractivity contribution in [2.24, 2.45) is 0 Å². The highest BCUT2D eigenvalue weighted by atomic mass is 14.9. The summed E-state index contributed by atoms with van der Waals surface area (Å²) in [6.07, 6.45) is 0.967. The number of anilines is 1. The molecule has 0 aliphatic carbocycles. The molecule has 17 heavy (non-hydrogen) atoms. The van der Waals surface area contributed by atoms with E-state index in [0.717, 1.165) is 34.9 Å². The fourth-order valence-electron chi connectivity index (χ4n) is 2.06. The Morgan fingerprint density at radius 1 is 1.12 bits per heavy atom. The summed E-state index contributed by atoms with van der Waals surface area (Å²) in [5, 5.41) is 0. The molecule has 88 valence electrons. The van der Waals surface area contributed by atoms with E-state index in [4.69, 9.17) is 5.73 Å². The van der Waals surface area contributed by atoms with Crippen LogP contribution in [0.25, 0.3) is 11.4 Å². The minimum atomic E-state index is 0.737. The van der Waals surface area contributed by atoms with Crippen LogP contribution >= 0.6 is 0 Å². The van der Waals surface area contributed by atoms with E-state index in [9.17, 15) is 0 Å². The lowest BCUT2D eigenvalue weighted by Gasteiger charge is -2.09. The van der Waals surface area contributed by atoms with E-state index in [-0.39, 0.29) is 0 Å². The monoisotopic (exact) mass is 227 g/mol. The molecule has 0 atom stereocenters. The number of nitrogen functional groups attached to an aromatic ring is 1. The Morgan fingerprint density at radius 2 is 1.76 bits per heavy atom. The van der Waals surface area contributed by atoms with Gasteiger partial charge in [0.05, 0.1) is 0 Å². The number of nitrogens with two attached hydrogens (primary N) is 1. The van der Waals surface area contributed by atoms with E-state index in [1.165, 1.54) is 5.56 Å². The zero-order valence-electron chi connectivity index (χ0n) is 10.5. The van der Waals surface area contributed by atoms with Crippen LogP contribution < -0.4 is 5.73 Å². The molecule has 0 aliphatic rings. The number of aryl methyl sites for hydroxylation is 2. The molecule has 2 N–H and O–H groups in total. The summed E-state index contributed by atoms with van der Waals surface area (Å²) in [5.74, 6) is 0.754. The van der Waals surface area contributed by atoms with E-state index in [0.29, 0.717) is 0 Å². The van der Waals surface area contributed by atoms with Crippen molar-refractivity contribution in [2.75, 3.05) is 5.73 Å². The van der Waals surface area contributed by atoms with Crippen LogP contribution in [-0.2, 0) is 6.42 Å². The van der Waals surface area contributed by atoms with Crippen LogP contribution in [0.1, 0.15) is 23.9 Å². The van der Waals surface area contributed by atoms with Crippen molar-refractivity contribution in [3.63, 3.8) is 0 Å². The summed E-state index contributed by atoms with van der Waals surface area (Å²) in [4.78, 5) is 9.10. The molecule has 0 spiro atoms. The van der Waals surface area contributed by atoms with Gasteiger partial charge in [0.1, 0.15) is 0 Å². The highest BCUT2D eigenvalue weighted by molar-refractivity contribution is 5.61. The fraction of sp³-hybridized carbons (Fsp3) is 0.286. The molecule has 0 saturated heterocycles. The summed E-state index contributed by atoms with van der Waals surface area (Å²) < 4.78 is 0. The molecule has 0 fully saturated rings. The van der Waals surface area contributed by atoms with Gasteiger partial charge in [-0.05, 0) is 38.0 Å². The first-order valence-electron chi connectivity index (χ1n) is 5.82. The van der Waals surface area contributed by atoms with Crippen LogP contribution in [0, 0.1) is 13.8 Å². The minimum absolute atomic E-state index is 0.737. The van der Waals surface area contributed by atoms with Crippen LogP contribution in [0.3, 0.4) is 0 Å². The molecule has 0 bridgehead atoms. The summed E-state index contributed by atoms with van der Waals surface area (Å²) in [5.41, 5.74) is 10.8. The molecular weight excluding hydrogens is 210 g/mol. The molecule has 0 saturated carbocycles. The Kier molecular flexibility index (Phi) is 3.09. The first-order chi connectivity index (χ1) is 8.11. The van der Waals surface area contributed by atoms with E-state index in [2.05, 4.69) is 16.9 Å². The lowest BCUT2D eigenvalue weighted by Crippen LogP contribution is -2.01. The molecule has 0 amide bonds. The third-order valence-electron chi connectivity index (χ3n) is 2.92. The van der Waals surface area contributed by atoms with Gasteiger partial charge in [0.25, 0.3) is 0 Å². The normalized spacial score (nSPS) is 10.5. The summed E-state index contributed by atoms with van der Waals surface area (Å²) in [6, 6.07) is 7.67. The molecule has 1 aromatic carbocycles. The molecule has 0 radical (unpaired) electrons. The largest absolute Gasteiger partial charge is 0.399 e. The Bertz CT molecular complexity index is 524. The SMILES string of the molecule is CCc1c(C)nc(-c2cccc(N)c2)nc1C. The lowest BCUT2D eigenvalue weighted by atomic mass is 10.1. The number of nitrogens with zero attached hydrogens (tertiary/aromatic N) is 2. The van der Waals surface area contributed by atoms with Crippen LogP contribution in [0.5, 0.6) is 0 Å². The molecule has 3 heteroatoms. The average molecular weight is 227 g/mol. The predicted molar refractivity (Wildman–Crippen MR) is 70.7 cm³/mol. The summed E-state index contributed by atoms with van der Waals surface area (Å²) in [7, 11) is 0. The van der Waals surface area contributed by atoms with Crippen LogP contribution in [0.2, 0.25) is 0 Å². The van der Waals surface area contributed by atoms with E-state index >= 15 is 0 Å². The van der Waals surface area contributed by atoms with Gasteiger partial charge < -0.3 is 5.73 Å². The molecule has 2 rings (SSSR count). The number of rotatable bonds is 2. The van der Waals surface area contributed by atoms with Gasteiger partial charge in [-0.25, -0.2) is 9.97 Å². The number of hydrogen-bond acceptors (Lipinski definition) is 3. The maximum atomic E-state index is 5.77. The molecule has 1 heterocycles. The third kappa shape index (κ3) is 2.28. The van der Waals surface area contributed by atoms with Gasteiger partial charge in [-0.2, -0.15) is 0 Å². The zero-order valence-corrected chi connectivity index (χ0v) is 10.5. The van der Waals surface area contributed by atoms with E-state index in [1.807, 2.05) is 38.1 Å². The van der Waals surface area contributed by atoms with Crippen molar-refractivity contribution in [1.29, 1.82) is 0 Å². The molecule has 0 unspecified atom stereocenters. The third-order valence-corrected chi connectivity index (χ3v) is 2.92. The molecular formula is C14H17N3. The van der Waals surface area contributed by atoms with Crippen molar-refractivity contribution in [3.05, 3.63) is 41.2 Å². The second-order valence-electron chi connectivity index (χ2n) is 4.18. The van der Waals surface area contributed by atoms with Crippen LogP contribution in [-0.4, -0.2) is 9.97 Å².